The molecule has 1 heterocycles. The number of rotatable bonds is 24. The highest BCUT2D eigenvalue weighted by molar-refractivity contribution is 5.79. The minimum atomic E-state index is -1.65. The van der Waals surface area contributed by atoms with Gasteiger partial charge in [0.25, 0.3) is 0 Å². The smallest absolute Gasteiger partial charge is 0.224 e. The molecule has 1 aromatic carbocycles. The van der Waals surface area contributed by atoms with Crippen molar-refractivity contribution in [2.24, 2.45) is 0 Å². The monoisotopic (exact) mass is 657 g/mol. The van der Waals surface area contributed by atoms with Gasteiger partial charge in [0, 0.05) is 0 Å². The minimum Gasteiger partial charge on any atom is -0.493 e. The summed E-state index contributed by atoms with van der Waals surface area (Å²) in [6.45, 7) is 1.20. The van der Waals surface area contributed by atoms with Crippen LogP contribution in [-0.2, 0) is 20.7 Å². The Hall–Kier alpha value is -2.03. The number of carbonyl (C=O) groups is 1. The standard InChI is InChI=1S/C34H59NO11/c1-4-5-6-7-8-9-10-11-12-13-14-15-16-25(37)30(39)24(22-45-34-33(42)32(41)31(40)28(21-36)46-34)35-29(38)20-23-17-18-26(43-2)27(19-23)44-3/h17-19,24-25,28,30-34,36-37,39-42H,4-16,20-22H2,1-3H3,(H,35,38)/t24-,25?,28?,30?,31?,32?,33?,34?/m0/s1. The van der Waals surface area contributed by atoms with Gasteiger partial charge >= 0.3 is 0 Å². The van der Waals surface area contributed by atoms with Gasteiger partial charge in [0.05, 0.1) is 46.0 Å². The van der Waals surface area contributed by atoms with E-state index in [9.17, 15) is 35.4 Å². The van der Waals surface area contributed by atoms with Crippen molar-refractivity contribution in [2.75, 3.05) is 27.4 Å². The molecule has 1 amide bonds. The summed E-state index contributed by atoms with van der Waals surface area (Å²) < 4.78 is 21.6. The van der Waals surface area contributed by atoms with E-state index in [0.717, 1.165) is 19.3 Å². The normalized spacial score (nSPS) is 23.5. The third kappa shape index (κ3) is 13.6. The Bertz CT molecular complexity index is 965. The Labute approximate surface area is 274 Å². The van der Waals surface area contributed by atoms with Gasteiger partial charge in [-0.15, -0.1) is 0 Å². The van der Waals surface area contributed by atoms with Crippen molar-refractivity contribution >= 4 is 5.91 Å². The van der Waals surface area contributed by atoms with Gasteiger partial charge < -0.3 is 54.9 Å². The van der Waals surface area contributed by atoms with Gasteiger partial charge in [-0.3, -0.25) is 4.79 Å². The quantitative estimate of drug-likeness (QED) is 0.0809. The number of carbonyl (C=O) groups excluding carboxylic acids is 1. The van der Waals surface area contributed by atoms with Crippen molar-refractivity contribution in [3.05, 3.63) is 23.8 Å². The maximum Gasteiger partial charge on any atom is 0.224 e. The first-order chi connectivity index (χ1) is 22.2. The molecule has 1 aliphatic heterocycles. The second kappa shape index (κ2) is 22.5. The van der Waals surface area contributed by atoms with Crippen LogP contribution in [-0.4, -0.2) is 113 Å². The first-order valence-corrected chi connectivity index (χ1v) is 16.9. The highest BCUT2D eigenvalue weighted by Gasteiger charge is 2.44. The number of nitrogens with one attached hydrogen (secondary N) is 1. The number of methoxy groups -OCH3 is 2. The van der Waals surface area contributed by atoms with Gasteiger partial charge in [0.15, 0.2) is 17.8 Å². The van der Waals surface area contributed by atoms with Crippen LogP contribution in [0.5, 0.6) is 11.5 Å². The number of hydrogen-bond acceptors (Lipinski definition) is 11. The summed E-state index contributed by atoms with van der Waals surface area (Å²) in [4.78, 5) is 13.1. The van der Waals surface area contributed by atoms with E-state index in [4.69, 9.17) is 18.9 Å². The molecule has 8 atom stereocenters. The third-order valence-corrected chi connectivity index (χ3v) is 8.61. The molecule has 12 nitrogen and oxygen atoms in total. The Morgan fingerprint density at radius 3 is 2.00 bits per heavy atom. The number of aliphatic hydroxyl groups is 6. The molecule has 1 aliphatic rings. The fraction of sp³-hybridized carbons (Fsp3) is 0.794. The number of benzene rings is 1. The van der Waals surface area contributed by atoms with Crippen LogP contribution in [0, 0.1) is 0 Å². The highest BCUT2D eigenvalue weighted by Crippen LogP contribution is 2.28. The fourth-order valence-electron chi connectivity index (χ4n) is 5.70. The molecule has 266 valence electrons. The van der Waals surface area contributed by atoms with E-state index in [1.165, 1.54) is 65.6 Å². The fourth-order valence-corrected chi connectivity index (χ4v) is 5.70. The van der Waals surface area contributed by atoms with Crippen LogP contribution >= 0.6 is 0 Å². The molecule has 0 spiro atoms. The van der Waals surface area contributed by atoms with Gasteiger partial charge in [-0.05, 0) is 24.1 Å². The number of hydrogen-bond donors (Lipinski definition) is 7. The number of aliphatic hydroxyl groups excluding tert-OH is 6. The zero-order valence-electron chi connectivity index (χ0n) is 27.9. The zero-order valence-corrected chi connectivity index (χ0v) is 27.9. The SMILES string of the molecule is CCCCCCCCCCCCCCC(O)C(O)[C@H](COC1OC(CO)C(O)C(O)C1O)NC(=O)Cc1ccc(OC)c(OC)c1. The van der Waals surface area contributed by atoms with E-state index in [-0.39, 0.29) is 6.42 Å². The van der Waals surface area contributed by atoms with Crippen LogP contribution in [0.3, 0.4) is 0 Å². The summed E-state index contributed by atoms with van der Waals surface area (Å²) in [5.41, 5.74) is 0.621. The summed E-state index contributed by atoms with van der Waals surface area (Å²) in [6.07, 6.45) is 4.24. The predicted molar refractivity (Wildman–Crippen MR) is 173 cm³/mol. The second-order valence-corrected chi connectivity index (χ2v) is 12.3. The molecule has 0 bridgehead atoms. The minimum absolute atomic E-state index is 0.0710. The van der Waals surface area contributed by atoms with Crippen molar-refractivity contribution in [2.45, 2.75) is 146 Å². The lowest BCUT2D eigenvalue weighted by Gasteiger charge is -2.40. The van der Waals surface area contributed by atoms with E-state index < -0.39 is 68.1 Å². The van der Waals surface area contributed by atoms with Crippen LogP contribution in [0.2, 0.25) is 0 Å². The van der Waals surface area contributed by atoms with E-state index in [1.54, 1.807) is 18.2 Å². The van der Waals surface area contributed by atoms with Crippen LogP contribution in [0.25, 0.3) is 0 Å². The summed E-state index contributed by atoms with van der Waals surface area (Å²) >= 11 is 0. The third-order valence-electron chi connectivity index (χ3n) is 8.61. The maximum absolute atomic E-state index is 13.1. The molecular formula is C34H59NO11. The van der Waals surface area contributed by atoms with E-state index in [2.05, 4.69) is 12.2 Å². The predicted octanol–water partition coefficient (Wildman–Crippen LogP) is 2.36. The lowest BCUT2D eigenvalue weighted by molar-refractivity contribution is -0.303. The van der Waals surface area contributed by atoms with E-state index >= 15 is 0 Å². The van der Waals surface area contributed by atoms with Crippen LogP contribution in [0.15, 0.2) is 18.2 Å². The van der Waals surface area contributed by atoms with Gasteiger partial charge in [0.1, 0.15) is 30.5 Å². The summed E-state index contributed by atoms with van der Waals surface area (Å²) in [5.74, 6) is 0.494. The largest absolute Gasteiger partial charge is 0.493 e. The van der Waals surface area contributed by atoms with E-state index in [1.807, 2.05) is 0 Å². The van der Waals surface area contributed by atoms with Crippen LogP contribution < -0.4 is 14.8 Å². The zero-order chi connectivity index (χ0) is 33.9. The topological polar surface area (TPSA) is 187 Å². The highest BCUT2D eigenvalue weighted by atomic mass is 16.7. The summed E-state index contributed by atoms with van der Waals surface area (Å²) in [5, 5.41) is 64.7. The average Bonchev–Trinajstić information content (AvgIpc) is 3.06. The maximum atomic E-state index is 13.1. The van der Waals surface area contributed by atoms with E-state index in [0.29, 0.717) is 29.9 Å². The molecule has 46 heavy (non-hydrogen) atoms. The number of ether oxygens (including phenoxy) is 4. The Balaban J connectivity index is 1.92. The molecule has 1 aromatic rings. The van der Waals surface area contributed by atoms with Crippen molar-refractivity contribution in [1.29, 1.82) is 0 Å². The Morgan fingerprint density at radius 1 is 0.848 bits per heavy atom. The first kappa shape index (κ1) is 40.1. The Kier molecular flexibility index (Phi) is 19.7. The van der Waals surface area contributed by atoms with Gasteiger partial charge in [-0.25, -0.2) is 0 Å². The van der Waals surface area contributed by atoms with Crippen LogP contribution in [0.4, 0.5) is 0 Å². The van der Waals surface area contributed by atoms with Gasteiger partial charge in [0.2, 0.25) is 5.91 Å². The molecular weight excluding hydrogens is 598 g/mol. The molecule has 12 heteroatoms. The average molecular weight is 658 g/mol. The lowest BCUT2D eigenvalue weighted by atomic mass is 9.98. The number of amides is 1. The van der Waals surface area contributed by atoms with Gasteiger partial charge in [-0.1, -0.05) is 90.0 Å². The lowest BCUT2D eigenvalue weighted by Crippen LogP contribution is -2.60. The Morgan fingerprint density at radius 2 is 1.43 bits per heavy atom. The molecule has 7 N–H and O–H groups in total. The molecule has 2 rings (SSSR count). The van der Waals surface area contributed by atoms with Crippen molar-refractivity contribution in [3.8, 4) is 11.5 Å². The number of unbranched alkanes of at least 4 members (excludes halogenated alkanes) is 11. The van der Waals surface area contributed by atoms with Crippen molar-refractivity contribution in [1.82, 2.24) is 5.32 Å². The molecule has 7 unspecified atom stereocenters. The molecule has 1 fully saturated rings. The molecule has 1 saturated heterocycles. The van der Waals surface area contributed by atoms with Crippen molar-refractivity contribution < 1.29 is 54.4 Å². The van der Waals surface area contributed by atoms with Crippen molar-refractivity contribution in [3.63, 3.8) is 0 Å². The second-order valence-electron chi connectivity index (χ2n) is 12.3. The van der Waals surface area contributed by atoms with Gasteiger partial charge in [-0.2, -0.15) is 0 Å². The van der Waals surface area contributed by atoms with Crippen LogP contribution in [0.1, 0.15) is 96.0 Å². The molecule has 0 saturated carbocycles. The summed E-state index contributed by atoms with van der Waals surface area (Å²) in [7, 11) is 3.00. The summed E-state index contributed by atoms with van der Waals surface area (Å²) in [6, 6.07) is 3.94. The molecule has 0 radical (unpaired) electrons. The molecule has 0 aliphatic carbocycles. The molecule has 0 aromatic heterocycles. The first-order valence-electron chi connectivity index (χ1n) is 16.9.